The van der Waals surface area contributed by atoms with Crippen molar-refractivity contribution in [1.29, 1.82) is 0 Å². The first-order valence-electron chi connectivity index (χ1n) is 7.76. The Kier molecular flexibility index (Phi) is 4.10. The van der Waals surface area contributed by atoms with Crippen molar-refractivity contribution in [1.82, 2.24) is 20.4 Å². The molecule has 2 heterocycles. The number of rotatable bonds is 5. The number of carbonyl (C=O) groups excluding carboxylic acids is 1. The summed E-state index contributed by atoms with van der Waals surface area (Å²) in [6.07, 6.45) is 6.48. The fourth-order valence-electron chi connectivity index (χ4n) is 3.08. The smallest absolute Gasteiger partial charge is 0.241 e. The van der Waals surface area contributed by atoms with Crippen molar-refractivity contribution < 1.29 is 4.79 Å². The van der Waals surface area contributed by atoms with Crippen LogP contribution in [0.1, 0.15) is 12.8 Å². The average Bonchev–Trinajstić information content (AvgIpc) is 3.00. The Bertz CT molecular complexity index is 383. The normalized spacial score (nSPS) is 29.6. The van der Waals surface area contributed by atoms with Crippen LogP contribution in [0.4, 0.5) is 0 Å². The van der Waals surface area contributed by atoms with Crippen LogP contribution in [0.25, 0.3) is 0 Å². The second kappa shape index (κ2) is 5.84. The van der Waals surface area contributed by atoms with Gasteiger partial charge in [0.25, 0.3) is 0 Å². The molecule has 0 bridgehead atoms. The van der Waals surface area contributed by atoms with Gasteiger partial charge in [-0.15, -0.1) is 0 Å². The van der Waals surface area contributed by atoms with E-state index in [2.05, 4.69) is 27.5 Å². The van der Waals surface area contributed by atoms with Gasteiger partial charge in [-0.3, -0.25) is 10.1 Å². The molecule has 5 heteroatoms. The van der Waals surface area contributed by atoms with Crippen LogP contribution in [0.5, 0.6) is 0 Å². The number of amides is 1. The highest BCUT2D eigenvalue weighted by molar-refractivity contribution is 5.84. The van der Waals surface area contributed by atoms with E-state index < -0.39 is 0 Å². The third-order valence-corrected chi connectivity index (χ3v) is 4.82. The molecule has 3 aliphatic rings. The molecule has 0 radical (unpaired) electrons. The molecule has 112 valence electrons. The van der Waals surface area contributed by atoms with E-state index in [0.717, 1.165) is 19.6 Å². The molecule has 20 heavy (non-hydrogen) atoms. The van der Waals surface area contributed by atoms with Gasteiger partial charge in [-0.05, 0) is 19.9 Å². The summed E-state index contributed by atoms with van der Waals surface area (Å²) in [5.41, 5.74) is 0.355. The molecule has 1 amide bonds. The third-order valence-electron chi connectivity index (χ3n) is 4.82. The summed E-state index contributed by atoms with van der Waals surface area (Å²) in [7, 11) is 2.19. The Morgan fingerprint density at radius 1 is 1.35 bits per heavy atom. The molecule has 5 nitrogen and oxygen atoms in total. The zero-order valence-corrected chi connectivity index (χ0v) is 12.4. The second-order valence-corrected chi connectivity index (χ2v) is 6.61. The molecule has 0 unspecified atom stereocenters. The molecule has 1 aliphatic carbocycles. The van der Waals surface area contributed by atoms with Crippen molar-refractivity contribution in [3.05, 3.63) is 12.2 Å². The van der Waals surface area contributed by atoms with Crippen LogP contribution in [0, 0.1) is 5.41 Å². The Hall–Kier alpha value is -0.910. The van der Waals surface area contributed by atoms with Crippen LogP contribution < -0.4 is 10.6 Å². The number of nitrogens with zero attached hydrogens (tertiary/aromatic N) is 2. The van der Waals surface area contributed by atoms with Crippen LogP contribution in [0.2, 0.25) is 0 Å². The molecular formula is C15H26N4O. The van der Waals surface area contributed by atoms with Gasteiger partial charge in [0.2, 0.25) is 5.91 Å². The van der Waals surface area contributed by atoms with Gasteiger partial charge in [-0.25, -0.2) is 0 Å². The SMILES string of the molecule is CN1CCN(CC2(CNC(=O)[C@H]3C=CCN3)CC2)CC1. The summed E-state index contributed by atoms with van der Waals surface area (Å²) in [5, 5.41) is 6.30. The maximum Gasteiger partial charge on any atom is 0.241 e. The van der Waals surface area contributed by atoms with Gasteiger partial charge < -0.3 is 15.1 Å². The lowest BCUT2D eigenvalue weighted by molar-refractivity contribution is -0.122. The van der Waals surface area contributed by atoms with E-state index in [1.54, 1.807) is 0 Å². The lowest BCUT2D eigenvalue weighted by Gasteiger charge is -2.35. The number of carbonyl (C=O) groups is 1. The zero-order valence-electron chi connectivity index (χ0n) is 12.4. The van der Waals surface area contributed by atoms with Gasteiger partial charge >= 0.3 is 0 Å². The van der Waals surface area contributed by atoms with E-state index in [1.165, 1.54) is 39.0 Å². The molecular weight excluding hydrogens is 252 g/mol. The second-order valence-electron chi connectivity index (χ2n) is 6.61. The highest BCUT2D eigenvalue weighted by Crippen LogP contribution is 2.45. The maximum absolute atomic E-state index is 12.0. The zero-order chi connectivity index (χ0) is 14.0. The third kappa shape index (κ3) is 3.40. The van der Waals surface area contributed by atoms with Gasteiger partial charge in [0, 0.05) is 51.2 Å². The van der Waals surface area contributed by atoms with Crippen LogP contribution in [-0.2, 0) is 4.79 Å². The molecule has 0 aromatic carbocycles. The van der Waals surface area contributed by atoms with E-state index >= 15 is 0 Å². The molecule has 0 aromatic rings. The van der Waals surface area contributed by atoms with E-state index in [4.69, 9.17) is 0 Å². The van der Waals surface area contributed by atoms with Gasteiger partial charge in [0.15, 0.2) is 0 Å². The maximum atomic E-state index is 12.0. The lowest BCUT2D eigenvalue weighted by atomic mass is 10.1. The van der Waals surface area contributed by atoms with Gasteiger partial charge in [-0.1, -0.05) is 12.2 Å². The number of piperazine rings is 1. The summed E-state index contributed by atoms with van der Waals surface area (Å²) in [6, 6.07) is -0.116. The number of likely N-dealkylation sites (N-methyl/N-ethyl adjacent to an activating group) is 1. The molecule has 1 saturated heterocycles. The Balaban J connectivity index is 1.42. The summed E-state index contributed by atoms with van der Waals surface area (Å²) >= 11 is 0. The summed E-state index contributed by atoms with van der Waals surface area (Å²) in [4.78, 5) is 17.0. The van der Waals surface area contributed by atoms with Crippen molar-refractivity contribution in [3.63, 3.8) is 0 Å². The Labute approximate surface area is 121 Å². The van der Waals surface area contributed by atoms with Crippen molar-refractivity contribution in [3.8, 4) is 0 Å². The topological polar surface area (TPSA) is 47.6 Å². The van der Waals surface area contributed by atoms with Gasteiger partial charge in [0.1, 0.15) is 6.04 Å². The summed E-state index contributed by atoms with van der Waals surface area (Å²) in [6.45, 7) is 7.46. The van der Waals surface area contributed by atoms with Crippen molar-refractivity contribution >= 4 is 5.91 Å². The molecule has 0 aromatic heterocycles. The van der Waals surface area contributed by atoms with Crippen molar-refractivity contribution in [2.45, 2.75) is 18.9 Å². The van der Waals surface area contributed by atoms with Crippen molar-refractivity contribution in [2.24, 2.45) is 5.41 Å². The monoisotopic (exact) mass is 278 g/mol. The Morgan fingerprint density at radius 3 is 2.70 bits per heavy atom. The van der Waals surface area contributed by atoms with E-state index in [0.29, 0.717) is 5.41 Å². The van der Waals surface area contributed by atoms with Crippen LogP contribution in [0.3, 0.4) is 0 Å². The first-order valence-corrected chi connectivity index (χ1v) is 7.76. The standard InChI is InChI=1S/C15H26N4O/c1-18-7-9-19(10-8-18)12-15(4-5-15)11-17-14(20)13-3-2-6-16-13/h2-3,13,16H,4-12H2,1H3,(H,17,20)/t13-/m1/s1. The van der Waals surface area contributed by atoms with Crippen LogP contribution in [0.15, 0.2) is 12.2 Å². The molecule has 3 rings (SSSR count). The lowest BCUT2D eigenvalue weighted by Crippen LogP contribution is -2.49. The molecule has 0 spiro atoms. The quantitative estimate of drug-likeness (QED) is 0.676. The summed E-state index contributed by atoms with van der Waals surface area (Å²) in [5.74, 6) is 0.128. The molecule has 1 atom stereocenters. The predicted octanol–water partition coefficient (Wildman–Crippen LogP) is -0.342. The van der Waals surface area contributed by atoms with E-state index in [-0.39, 0.29) is 11.9 Å². The van der Waals surface area contributed by atoms with E-state index in [9.17, 15) is 4.79 Å². The minimum Gasteiger partial charge on any atom is -0.354 e. The Morgan fingerprint density at radius 2 is 2.10 bits per heavy atom. The molecule has 2 N–H and O–H groups in total. The first kappa shape index (κ1) is 14.0. The van der Waals surface area contributed by atoms with Gasteiger partial charge in [-0.2, -0.15) is 0 Å². The highest BCUT2D eigenvalue weighted by atomic mass is 16.2. The minimum absolute atomic E-state index is 0.116. The number of hydrogen-bond donors (Lipinski definition) is 2. The average molecular weight is 278 g/mol. The molecule has 2 fully saturated rings. The summed E-state index contributed by atoms with van der Waals surface area (Å²) < 4.78 is 0. The molecule has 2 aliphatic heterocycles. The highest BCUT2D eigenvalue weighted by Gasteiger charge is 2.44. The minimum atomic E-state index is -0.116. The van der Waals surface area contributed by atoms with Crippen molar-refractivity contribution in [2.75, 3.05) is 52.9 Å². The van der Waals surface area contributed by atoms with Crippen LogP contribution >= 0.6 is 0 Å². The molecule has 1 saturated carbocycles. The van der Waals surface area contributed by atoms with Gasteiger partial charge in [0.05, 0.1) is 0 Å². The predicted molar refractivity (Wildman–Crippen MR) is 79.5 cm³/mol. The van der Waals surface area contributed by atoms with Crippen LogP contribution in [-0.4, -0.2) is 74.6 Å². The van der Waals surface area contributed by atoms with E-state index in [1.807, 2.05) is 12.2 Å². The number of hydrogen-bond acceptors (Lipinski definition) is 4. The largest absolute Gasteiger partial charge is 0.354 e. The fraction of sp³-hybridized carbons (Fsp3) is 0.800. The fourth-order valence-corrected chi connectivity index (χ4v) is 3.08. The number of nitrogens with one attached hydrogen (secondary N) is 2. The first-order chi connectivity index (χ1) is 9.67.